The minimum atomic E-state index is -0.278. The van der Waals surface area contributed by atoms with Crippen LogP contribution in [0, 0.1) is 0 Å². The zero-order valence-corrected chi connectivity index (χ0v) is 26.7. The summed E-state index contributed by atoms with van der Waals surface area (Å²) in [5.74, 6) is 1.47. The number of fused-ring (bicyclic) bond motifs is 7. The molecule has 1 aliphatic heterocycles. The Labute approximate surface area is 281 Å². The lowest BCUT2D eigenvalue weighted by atomic mass is 9.98. The Balaban J connectivity index is 1.18. The summed E-state index contributed by atoms with van der Waals surface area (Å²) < 4.78 is 4.88. The lowest BCUT2D eigenvalue weighted by Gasteiger charge is -2.24. The van der Waals surface area contributed by atoms with Gasteiger partial charge < -0.3 is 5.32 Å². The summed E-state index contributed by atoms with van der Waals surface area (Å²) in [5.41, 5.74) is 6.71. The Morgan fingerprint density at radius 2 is 1.21 bits per heavy atom. The Morgan fingerprint density at radius 3 is 2.08 bits per heavy atom. The van der Waals surface area contributed by atoms with Crippen LogP contribution in [0.4, 0.5) is 0 Å². The highest BCUT2D eigenvalue weighted by atomic mass is 32.1. The Hall–Kier alpha value is -6.04. The molecule has 0 spiro atoms. The van der Waals surface area contributed by atoms with Crippen LogP contribution in [0.2, 0.25) is 0 Å². The standard InChI is InChI=1S/C43H28N4S/c1-3-11-27(12-4-1)41-44-42(28-13-5-2-6-14-28)46-43(45-41)47-37-17-9-7-15-33(37)35-24-31-20-19-29(23-32(31)26-38(35)47)30-21-22-40-36(25-30)34-16-8-10-18-39(34)48-40/h1-26,41H,(H,44,45,46). The predicted octanol–water partition coefficient (Wildman–Crippen LogP) is 10.9. The van der Waals surface area contributed by atoms with Gasteiger partial charge in [-0.05, 0) is 69.9 Å². The SMILES string of the molecule is c1ccc(C2=NC(n3c4ccccc4c4cc5ccc(-c6ccc7sc8ccccc8c7c6)cc5cc43)=NC(c3ccccc3)N2)cc1. The van der Waals surface area contributed by atoms with E-state index in [4.69, 9.17) is 9.98 Å². The van der Waals surface area contributed by atoms with E-state index in [9.17, 15) is 0 Å². The smallest absolute Gasteiger partial charge is 0.234 e. The van der Waals surface area contributed by atoms with Crippen molar-refractivity contribution >= 4 is 75.9 Å². The molecule has 0 saturated carbocycles. The lowest BCUT2D eigenvalue weighted by molar-refractivity contribution is 0.668. The van der Waals surface area contributed by atoms with Gasteiger partial charge in [-0.1, -0.05) is 115 Å². The van der Waals surface area contributed by atoms with Gasteiger partial charge >= 0.3 is 0 Å². The molecular formula is C43H28N4S. The number of hydrogen-bond acceptors (Lipinski definition) is 4. The first kappa shape index (κ1) is 27.1. The number of thiophene rings is 1. The van der Waals surface area contributed by atoms with E-state index in [1.165, 1.54) is 52.8 Å². The summed E-state index contributed by atoms with van der Waals surface area (Å²) >= 11 is 1.85. The van der Waals surface area contributed by atoms with Gasteiger partial charge in [0.25, 0.3) is 0 Å². The van der Waals surface area contributed by atoms with Crippen LogP contribution in [-0.4, -0.2) is 16.4 Å². The normalized spacial score (nSPS) is 14.9. The Morgan fingerprint density at radius 1 is 0.500 bits per heavy atom. The number of aromatic nitrogens is 1. The molecule has 2 aromatic heterocycles. The van der Waals surface area contributed by atoms with Gasteiger partial charge in [-0.15, -0.1) is 11.3 Å². The minimum absolute atomic E-state index is 0.278. The van der Waals surface area contributed by atoms with Gasteiger partial charge in [-0.3, -0.25) is 4.57 Å². The number of nitrogens with zero attached hydrogens (tertiary/aromatic N) is 3. The fraction of sp³-hybridized carbons (Fsp3) is 0.0233. The molecule has 7 aromatic carbocycles. The molecule has 48 heavy (non-hydrogen) atoms. The molecule has 1 aliphatic rings. The van der Waals surface area contributed by atoms with E-state index in [0.29, 0.717) is 5.96 Å². The number of amidine groups is 1. The highest BCUT2D eigenvalue weighted by Gasteiger charge is 2.24. The fourth-order valence-electron chi connectivity index (χ4n) is 7.10. The van der Waals surface area contributed by atoms with E-state index >= 15 is 0 Å². The quantitative estimate of drug-likeness (QED) is 0.207. The van der Waals surface area contributed by atoms with Gasteiger partial charge in [-0.2, -0.15) is 4.99 Å². The molecule has 1 atom stereocenters. The fourth-order valence-corrected chi connectivity index (χ4v) is 8.18. The van der Waals surface area contributed by atoms with Crippen molar-refractivity contribution in [3.05, 3.63) is 169 Å². The number of aliphatic imine (C=N–C) groups is 2. The molecule has 3 heterocycles. The highest BCUT2D eigenvalue weighted by Crippen LogP contribution is 2.38. The molecule has 5 heteroatoms. The van der Waals surface area contributed by atoms with Crippen LogP contribution in [0.15, 0.2) is 168 Å². The summed E-state index contributed by atoms with van der Waals surface area (Å²) in [4.78, 5) is 10.4. The first-order valence-corrected chi connectivity index (χ1v) is 17.0. The zero-order chi connectivity index (χ0) is 31.6. The largest absolute Gasteiger partial charge is 0.344 e. The summed E-state index contributed by atoms with van der Waals surface area (Å²) in [6.07, 6.45) is -0.278. The summed E-state index contributed by atoms with van der Waals surface area (Å²) in [5, 5.41) is 11.0. The third-order valence-corrected chi connectivity index (χ3v) is 10.6. The van der Waals surface area contributed by atoms with Crippen LogP contribution in [0.25, 0.3) is 63.9 Å². The molecule has 1 N–H and O–H groups in total. The molecule has 226 valence electrons. The molecule has 10 rings (SSSR count). The summed E-state index contributed by atoms with van der Waals surface area (Å²) in [7, 11) is 0. The van der Waals surface area contributed by atoms with Crippen LogP contribution in [-0.2, 0) is 0 Å². The molecule has 0 amide bonds. The zero-order valence-electron chi connectivity index (χ0n) is 25.8. The predicted molar refractivity (Wildman–Crippen MR) is 203 cm³/mol. The van der Waals surface area contributed by atoms with E-state index in [1.54, 1.807) is 0 Å². The second-order valence-corrected chi connectivity index (χ2v) is 13.4. The third-order valence-electron chi connectivity index (χ3n) is 9.43. The van der Waals surface area contributed by atoms with E-state index < -0.39 is 0 Å². The second-order valence-electron chi connectivity index (χ2n) is 12.3. The van der Waals surface area contributed by atoms with Crippen molar-refractivity contribution in [1.29, 1.82) is 0 Å². The minimum Gasteiger partial charge on any atom is -0.344 e. The molecule has 9 aromatic rings. The Bertz CT molecular complexity index is 2750. The van der Waals surface area contributed by atoms with Crippen LogP contribution >= 0.6 is 11.3 Å². The molecular weight excluding hydrogens is 605 g/mol. The molecule has 0 radical (unpaired) electrons. The van der Waals surface area contributed by atoms with Crippen molar-refractivity contribution in [1.82, 2.24) is 9.88 Å². The molecule has 0 aliphatic carbocycles. The number of rotatable bonds is 3. The average Bonchev–Trinajstić information content (AvgIpc) is 3.69. The van der Waals surface area contributed by atoms with Gasteiger partial charge in [-0.25, -0.2) is 4.99 Å². The third kappa shape index (κ3) is 4.36. The molecule has 4 nitrogen and oxygen atoms in total. The van der Waals surface area contributed by atoms with Crippen molar-refractivity contribution in [3.63, 3.8) is 0 Å². The van der Waals surface area contributed by atoms with Crippen LogP contribution < -0.4 is 5.32 Å². The average molecular weight is 633 g/mol. The summed E-state index contributed by atoms with van der Waals surface area (Å²) in [6, 6.07) is 56.3. The number of nitrogens with one attached hydrogen (secondary N) is 1. The second kappa shape index (κ2) is 10.8. The van der Waals surface area contributed by atoms with Gasteiger partial charge in [0.2, 0.25) is 5.96 Å². The van der Waals surface area contributed by atoms with Gasteiger partial charge in [0.1, 0.15) is 12.0 Å². The van der Waals surface area contributed by atoms with Crippen molar-refractivity contribution in [2.75, 3.05) is 0 Å². The topological polar surface area (TPSA) is 41.7 Å². The maximum Gasteiger partial charge on any atom is 0.234 e. The van der Waals surface area contributed by atoms with E-state index in [2.05, 4.69) is 143 Å². The maximum atomic E-state index is 5.25. The monoisotopic (exact) mass is 632 g/mol. The number of benzene rings is 7. The first-order chi connectivity index (χ1) is 23.8. The van der Waals surface area contributed by atoms with Crippen molar-refractivity contribution in [3.8, 4) is 11.1 Å². The highest BCUT2D eigenvalue weighted by molar-refractivity contribution is 7.25. The molecule has 0 fully saturated rings. The van der Waals surface area contributed by atoms with Crippen molar-refractivity contribution in [2.45, 2.75) is 6.17 Å². The molecule has 1 unspecified atom stereocenters. The van der Waals surface area contributed by atoms with Crippen molar-refractivity contribution < 1.29 is 0 Å². The first-order valence-electron chi connectivity index (χ1n) is 16.2. The van der Waals surface area contributed by atoms with Crippen LogP contribution in [0.1, 0.15) is 17.3 Å². The molecule has 0 bridgehead atoms. The van der Waals surface area contributed by atoms with Gasteiger partial charge in [0.15, 0.2) is 0 Å². The number of para-hydroxylation sites is 1. The van der Waals surface area contributed by atoms with E-state index in [1.807, 2.05) is 35.6 Å². The Kier molecular flexibility index (Phi) is 6.08. The van der Waals surface area contributed by atoms with E-state index in [0.717, 1.165) is 28.0 Å². The number of hydrogen-bond donors (Lipinski definition) is 1. The summed E-state index contributed by atoms with van der Waals surface area (Å²) in [6.45, 7) is 0. The van der Waals surface area contributed by atoms with Crippen LogP contribution in [0.5, 0.6) is 0 Å². The van der Waals surface area contributed by atoms with Gasteiger partial charge in [0, 0.05) is 36.5 Å². The molecule has 0 saturated heterocycles. The van der Waals surface area contributed by atoms with Crippen molar-refractivity contribution in [2.24, 2.45) is 9.98 Å². The van der Waals surface area contributed by atoms with Crippen LogP contribution in [0.3, 0.4) is 0 Å². The maximum absolute atomic E-state index is 5.25. The lowest BCUT2D eigenvalue weighted by Crippen LogP contribution is -2.35. The van der Waals surface area contributed by atoms with Gasteiger partial charge in [0.05, 0.1) is 11.0 Å². The van der Waals surface area contributed by atoms with E-state index in [-0.39, 0.29) is 6.17 Å².